The number of allylic oxidation sites excluding steroid dienone is 2. The van der Waals surface area contributed by atoms with E-state index in [1.54, 1.807) is 0 Å². The van der Waals surface area contributed by atoms with Gasteiger partial charge in [0.05, 0.1) is 11.3 Å². The Balaban J connectivity index is 2.18. The highest BCUT2D eigenvalue weighted by Gasteiger charge is 2.10. The third-order valence-electron chi connectivity index (χ3n) is 2.95. The van der Waals surface area contributed by atoms with E-state index in [2.05, 4.69) is 38.4 Å². The van der Waals surface area contributed by atoms with Gasteiger partial charge in [0.1, 0.15) is 0 Å². The molecule has 3 heteroatoms. The highest BCUT2D eigenvalue weighted by atomic mass is 16.6. The van der Waals surface area contributed by atoms with Crippen molar-refractivity contribution in [1.82, 2.24) is 5.48 Å². The summed E-state index contributed by atoms with van der Waals surface area (Å²) >= 11 is 0. The Kier molecular flexibility index (Phi) is 5.58. The minimum absolute atomic E-state index is 0.151. The average Bonchev–Trinajstić information content (AvgIpc) is 2.53. The number of para-hydroxylation sites is 1. The topological polar surface area (TPSA) is 33.6 Å². The maximum atomic E-state index is 5.56. The summed E-state index contributed by atoms with van der Waals surface area (Å²) in [6.07, 6.45) is 2.00. The van der Waals surface area contributed by atoms with Gasteiger partial charge >= 0.3 is 0 Å². The van der Waals surface area contributed by atoms with Crippen LogP contribution in [0, 0.1) is 0 Å². The number of nitrogens with zero attached hydrogens (tertiary/aromatic N) is 1. The van der Waals surface area contributed by atoms with Gasteiger partial charge in [0.15, 0.2) is 5.75 Å². The fourth-order valence-corrected chi connectivity index (χ4v) is 2.01. The molecule has 0 aliphatic carbocycles. The Bertz CT molecular complexity index is 668. The smallest absolute Gasteiger partial charge is 0.155 e. The van der Waals surface area contributed by atoms with E-state index in [1.807, 2.05) is 61.5 Å². The quantitative estimate of drug-likeness (QED) is 0.638. The van der Waals surface area contributed by atoms with Crippen molar-refractivity contribution in [1.29, 1.82) is 0 Å². The molecular formula is C20H24N2O. The molecule has 0 bridgehead atoms. The zero-order valence-electron chi connectivity index (χ0n) is 14.2. The molecule has 0 saturated heterocycles. The van der Waals surface area contributed by atoms with Crippen LogP contribution in [-0.4, -0.2) is 11.3 Å². The zero-order valence-corrected chi connectivity index (χ0v) is 14.2. The normalized spacial score (nSPS) is 12.9. The summed E-state index contributed by atoms with van der Waals surface area (Å²) in [6, 6.07) is 19.8. The van der Waals surface area contributed by atoms with Gasteiger partial charge in [-0.2, -0.15) is 0 Å². The van der Waals surface area contributed by atoms with E-state index < -0.39 is 0 Å². The van der Waals surface area contributed by atoms with Crippen molar-refractivity contribution >= 4 is 5.71 Å². The Morgan fingerprint density at radius 2 is 1.52 bits per heavy atom. The van der Waals surface area contributed by atoms with E-state index in [-0.39, 0.29) is 5.54 Å². The van der Waals surface area contributed by atoms with Crippen LogP contribution < -0.4 is 10.3 Å². The Morgan fingerprint density at radius 3 is 2.09 bits per heavy atom. The van der Waals surface area contributed by atoms with Gasteiger partial charge in [-0.1, -0.05) is 48.5 Å². The van der Waals surface area contributed by atoms with Crippen molar-refractivity contribution in [2.75, 3.05) is 0 Å². The molecule has 0 unspecified atom stereocenters. The SMILES string of the molecule is CC(=CC(=NC(C)(C)C)c1ccccc1)NOc1ccccc1. The van der Waals surface area contributed by atoms with Crippen molar-refractivity contribution in [2.24, 2.45) is 4.99 Å². The lowest BCUT2D eigenvalue weighted by Crippen LogP contribution is -2.19. The molecule has 0 heterocycles. The molecule has 2 aromatic carbocycles. The number of nitrogens with one attached hydrogen (secondary N) is 1. The maximum Gasteiger partial charge on any atom is 0.155 e. The lowest BCUT2D eigenvalue weighted by molar-refractivity contribution is 0.230. The summed E-state index contributed by atoms with van der Waals surface area (Å²) in [6.45, 7) is 8.23. The minimum atomic E-state index is -0.151. The second-order valence-corrected chi connectivity index (χ2v) is 6.38. The largest absolute Gasteiger partial charge is 0.383 e. The lowest BCUT2D eigenvalue weighted by Gasteiger charge is -2.16. The van der Waals surface area contributed by atoms with Crippen LogP contribution in [0.25, 0.3) is 0 Å². The summed E-state index contributed by atoms with van der Waals surface area (Å²) in [5.74, 6) is 0.772. The molecule has 3 nitrogen and oxygen atoms in total. The highest BCUT2D eigenvalue weighted by Crippen LogP contribution is 2.13. The molecule has 23 heavy (non-hydrogen) atoms. The van der Waals surface area contributed by atoms with Crippen LogP contribution >= 0.6 is 0 Å². The third-order valence-corrected chi connectivity index (χ3v) is 2.95. The first-order valence-corrected chi connectivity index (χ1v) is 7.75. The van der Waals surface area contributed by atoms with Crippen LogP contribution in [0.3, 0.4) is 0 Å². The third kappa shape index (κ3) is 5.99. The van der Waals surface area contributed by atoms with Crippen LogP contribution in [0.5, 0.6) is 5.75 Å². The van der Waals surface area contributed by atoms with E-state index in [9.17, 15) is 0 Å². The molecule has 0 saturated carbocycles. The van der Waals surface area contributed by atoms with Gasteiger partial charge in [-0.3, -0.25) is 4.99 Å². The molecule has 0 aliphatic rings. The summed E-state index contributed by atoms with van der Waals surface area (Å²) in [5, 5.41) is 0. The van der Waals surface area contributed by atoms with E-state index in [4.69, 9.17) is 9.83 Å². The Labute approximate surface area is 138 Å². The van der Waals surface area contributed by atoms with Gasteiger partial charge in [0.25, 0.3) is 0 Å². The van der Waals surface area contributed by atoms with Crippen molar-refractivity contribution in [3.8, 4) is 5.75 Å². The minimum Gasteiger partial charge on any atom is -0.383 e. The van der Waals surface area contributed by atoms with Gasteiger partial charge in [-0.05, 0) is 51.5 Å². The van der Waals surface area contributed by atoms with E-state index in [0.29, 0.717) is 0 Å². The second kappa shape index (κ2) is 7.63. The van der Waals surface area contributed by atoms with E-state index in [1.165, 1.54) is 0 Å². The monoisotopic (exact) mass is 308 g/mol. The molecule has 0 amide bonds. The van der Waals surface area contributed by atoms with Gasteiger partial charge in [-0.15, -0.1) is 0 Å². The maximum absolute atomic E-state index is 5.56. The van der Waals surface area contributed by atoms with Crippen LogP contribution in [-0.2, 0) is 0 Å². The number of aliphatic imine (C=N–C) groups is 1. The molecule has 2 aromatic rings. The first-order valence-electron chi connectivity index (χ1n) is 7.75. The zero-order chi connectivity index (χ0) is 16.7. The molecule has 1 N–H and O–H groups in total. The van der Waals surface area contributed by atoms with Crippen molar-refractivity contribution in [3.05, 3.63) is 78.0 Å². The van der Waals surface area contributed by atoms with Crippen LogP contribution in [0.4, 0.5) is 0 Å². The van der Waals surface area contributed by atoms with E-state index in [0.717, 1.165) is 22.7 Å². The van der Waals surface area contributed by atoms with E-state index >= 15 is 0 Å². The van der Waals surface area contributed by atoms with Crippen molar-refractivity contribution < 1.29 is 4.84 Å². The van der Waals surface area contributed by atoms with Crippen molar-refractivity contribution in [3.63, 3.8) is 0 Å². The Hall–Kier alpha value is -2.55. The van der Waals surface area contributed by atoms with Crippen LogP contribution in [0.2, 0.25) is 0 Å². The number of hydroxylamine groups is 1. The molecule has 0 fully saturated rings. The number of hydrogen-bond donors (Lipinski definition) is 1. The molecule has 120 valence electrons. The first kappa shape index (κ1) is 16.8. The predicted octanol–water partition coefficient (Wildman–Crippen LogP) is 4.76. The highest BCUT2D eigenvalue weighted by molar-refractivity contribution is 6.09. The molecule has 0 atom stereocenters. The van der Waals surface area contributed by atoms with Crippen molar-refractivity contribution in [2.45, 2.75) is 33.2 Å². The lowest BCUT2D eigenvalue weighted by atomic mass is 10.1. The summed E-state index contributed by atoms with van der Waals surface area (Å²) in [7, 11) is 0. The standard InChI is InChI=1S/C20H24N2O/c1-16(22-23-18-13-9-6-10-14-18)15-19(21-20(2,3)4)17-11-7-5-8-12-17/h5-15,22H,1-4H3. The van der Waals surface area contributed by atoms with Crippen LogP contribution in [0.15, 0.2) is 77.4 Å². The number of hydrogen-bond acceptors (Lipinski definition) is 3. The number of benzene rings is 2. The second-order valence-electron chi connectivity index (χ2n) is 6.38. The Morgan fingerprint density at radius 1 is 0.957 bits per heavy atom. The molecule has 0 aliphatic heterocycles. The molecule has 2 rings (SSSR count). The molecular weight excluding hydrogens is 284 g/mol. The summed E-state index contributed by atoms with van der Waals surface area (Å²) in [5.41, 5.74) is 5.72. The van der Waals surface area contributed by atoms with Gasteiger partial charge in [0.2, 0.25) is 0 Å². The molecule has 0 spiro atoms. The van der Waals surface area contributed by atoms with Gasteiger partial charge in [0, 0.05) is 5.70 Å². The summed E-state index contributed by atoms with van der Waals surface area (Å²) in [4.78, 5) is 10.4. The molecule has 0 radical (unpaired) electrons. The summed E-state index contributed by atoms with van der Waals surface area (Å²) < 4.78 is 0. The molecule has 0 aromatic heterocycles. The fourth-order valence-electron chi connectivity index (χ4n) is 2.01. The van der Waals surface area contributed by atoms with Crippen LogP contribution in [0.1, 0.15) is 33.3 Å². The first-order chi connectivity index (χ1) is 10.9. The fraction of sp³-hybridized carbons (Fsp3) is 0.250. The van der Waals surface area contributed by atoms with Gasteiger partial charge in [-0.25, -0.2) is 5.48 Å². The predicted molar refractivity (Wildman–Crippen MR) is 96.7 cm³/mol. The average molecular weight is 308 g/mol. The van der Waals surface area contributed by atoms with Gasteiger partial charge < -0.3 is 4.84 Å². The number of rotatable bonds is 5.